The van der Waals surface area contributed by atoms with Crippen LogP contribution in [0.15, 0.2) is 0 Å². The van der Waals surface area contributed by atoms with Gasteiger partial charge in [-0.1, -0.05) is 0 Å². The van der Waals surface area contributed by atoms with Crippen LogP contribution in [0, 0.1) is 0 Å². The summed E-state index contributed by atoms with van der Waals surface area (Å²) in [6, 6.07) is 0. The van der Waals surface area contributed by atoms with Crippen LogP contribution in [-0.2, 0) is 23.7 Å². The third-order valence-corrected chi connectivity index (χ3v) is 6.87. The summed E-state index contributed by atoms with van der Waals surface area (Å²) in [6.45, 7) is -1.15. The average Bonchev–Trinajstić information content (AvgIpc) is 3.65. The lowest BCUT2D eigenvalue weighted by atomic mass is 9.85. The number of hydrogen-bond donors (Lipinski definition) is 7. The van der Waals surface area contributed by atoms with E-state index in [0.717, 1.165) is 0 Å². The summed E-state index contributed by atoms with van der Waals surface area (Å²) in [6.07, 6.45) is -5.40. The molecule has 0 radical (unpaired) electrons. The molecule has 0 aromatic rings. The molecule has 9 unspecified atom stereocenters. The van der Waals surface area contributed by atoms with Gasteiger partial charge in [-0.25, -0.2) is 0 Å². The topological polar surface area (TPSA) is 201 Å². The SMILES string of the molecule is OCCCC(OC(O)CCC(O)(C1OC1CO)C1OC1CO)(C1OC1CO)C1OC1CO. The van der Waals surface area contributed by atoms with Crippen molar-refractivity contribution < 1.29 is 59.4 Å². The summed E-state index contributed by atoms with van der Waals surface area (Å²) in [7, 11) is 0. The van der Waals surface area contributed by atoms with Gasteiger partial charge in [-0.05, 0) is 19.3 Å². The molecule has 0 spiro atoms. The molecule has 186 valence electrons. The molecule has 12 heteroatoms. The minimum atomic E-state index is -1.52. The van der Waals surface area contributed by atoms with Crippen LogP contribution >= 0.6 is 0 Å². The maximum atomic E-state index is 11.2. The maximum absolute atomic E-state index is 11.2. The molecule has 4 rings (SSSR count). The molecular weight excluding hydrogens is 432 g/mol. The van der Waals surface area contributed by atoms with Crippen molar-refractivity contribution in [3.8, 4) is 0 Å². The van der Waals surface area contributed by atoms with Crippen molar-refractivity contribution in [2.75, 3.05) is 33.0 Å². The van der Waals surface area contributed by atoms with Crippen molar-refractivity contribution in [3.63, 3.8) is 0 Å². The van der Waals surface area contributed by atoms with Crippen LogP contribution < -0.4 is 0 Å². The van der Waals surface area contributed by atoms with E-state index in [9.17, 15) is 35.7 Å². The van der Waals surface area contributed by atoms with Crippen molar-refractivity contribution in [1.82, 2.24) is 0 Å². The Morgan fingerprint density at radius 2 is 1.12 bits per heavy atom. The number of aliphatic hydroxyl groups is 7. The second-order valence-corrected chi connectivity index (χ2v) is 9.00. The van der Waals surface area contributed by atoms with E-state index >= 15 is 0 Å². The lowest BCUT2D eigenvalue weighted by Gasteiger charge is -2.35. The van der Waals surface area contributed by atoms with Crippen molar-refractivity contribution >= 4 is 0 Å². The molecule has 0 aliphatic carbocycles. The molecule has 0 aromatic carbocycles. The zero-order valence-corrected chi connectivity index (χ0v) is 17.7. The molecule has 4 saturated heterocycles. The Hall–Kier alpha value is -0.480. The summed E-state index contributed by atoms with van der Waals surface area (Å²) in [5, 5.41) is 68.9. The molecule has 4 fully saturated rings. The smallest absolute Gasteiger partial charge is 0.155 e. The Balaban J connectivity index is 1.43. The summed E-state index contributed by atoms with van der Waals surface area (Å²) in [4.78, 5) is 0. The van der Waals surface area contributed by atoms with Gasteiger partial charge < -0.3 is 59.4 Å². The van der Waals surface area contributed by atoms with Gasteiger partial charge in [0, 0.05) is 13.0 Å². The first-order chi connectivity index (χ1) is 15.4. The van der Waals surface area contributed by atoms with Crippen LogP contribution in [0.1, 0.15) is 25.7 Å². The van der Waals surface area contributed by atoms with Gasteiger partial charge in [0.05, 0.1) is 26.4 Å². The molecule has 4 aliphatic heterocycles. The number of rotatable bonds is 16. The Bertz CT molecular complexity index is 598. The van der Waals surface area contributed by atoms with E-state index in [0.29, 0.717) is 6.42 Å². The Labute approximate surface area is 185 Å². The van der Waals surface area contributed by atoms with E-state index in [2.05, 4.69) is 0 Å². The van der Waals surface area contributed by atoms with E-state index in [1.807, 2.05) is 0 Å². The molecule has 12 nitrogen and oxygen atoms in total. The fourth-order valence-electron chi connectivity index (χ4n) is 4.97. The third kappa shape index (κ3) is 4.69. The quantitative estimate of drug-likeness (QED) is 0.0871. The van der Waals surface area contributed by atoms with Gasteiger partial charge >= 0.3 is 0 Å². The van der Waals surface area contributed by atoms with Gasteiger partial charge in [0.25, 0.3) is 0 Å². The second-order valence-electron chi connectivity index (χ2n) is 9.00. The molecule has 9 atom stereocenters. The van der Waals surface area contributed by atoms with E-state index in [4.69, 9.17) is 23.7 Å². The Kier molecular flexibility index (Phi) is 7.42. The molecular formula is C20H34O12. The zero-order chi connectivity index (χ0) is 23.1. The fraction of sp³-hybridized carbons (Fsp3) is 1.00. The average molecular weight is 466 g/mol. The number of epoxide rings is 4. The second kappa shape index (κ2) is 9.64. The van der Waals surface area contributed by atoms with E-state index < -0.39 is 66.3 Å². The van der Waals surface area contributed by atoms with Gasteiger partial charge in [0.15, 0.2) is 6.29 Å². The lowest BCUT2D eigenvalue weighted by Crippen LogP contribution is -2.50. The third-order valence-electron chi connectivity index (χ3n) is 6.87. The number of aliphatic hydroxyl groups excluding tert-OH is 6. The Morgan fingerprint density at radius 3 is 1.50 bits per heavy atom. The first kappa shape index (κ1) is 24.6. The van der Waals surface area contributed by atoms with Crippen molar-refractivity contribution in [1.29, 1.82) is 0 Å². The van der Waals surface area contributed by atoms with Crippen LogP contribution in [0.5, 0.6) is 0 Å². The fourth-order valence-corrected chi connectivity index (χ4v) is 4.97. The summed E-state index contributed by atoms with van der Waals surface area (Å²) < 4.78 is 27.8. The van der Waals surface area contributed by atoms with Crippen LogP contribution in [0.3, 0.4) is 0 Å². The molecule has 0 amide bonds. The van der Waals surface area contributed by atoms with Gasteiger partial charge in [0.1, 0.15) is 60.0 Å². The molecule has 4 aliphatic rings. The van der Waals surface area contributed by atoms with Crippen LogP contribution in [0.2, 0.25) is 0 Å². The van der Waals surface area contributed by atoms with Crippen LogP contribution in [0.25, 0.3) is 0 Å². The van der Waals surface area contributed by atoms with E-state index in [1.165, 1.54) is 0 Å². The van der Waals surface area contributed by atoms with Gasteiger partial charge in [-0.3, -0.25) is 0 Å². The highest BCUT2D eigenvalue weighted by Gasteiger charge is 2.68. The van der Waals surface area contributed by atoms with Gasteiger partial charge in [-0.15, -0.1) is 0 Å². The summed E-state index contributed by atoms with van der Waals surface area (Å²) in [5.74, 6) is 0. The minimum Gasteiger partial charge on any atom is -0.396 e. The minimum absolute atomic E-state index is 0.0104. The highest BCUT2D eigenvalue weighted by Crippen LogP contribution is 2.50. The largest absolute Gasteiger partial charge is 0.396 e. The summed E-state index contributed by atoms with van der Waals surface area (Å²) >= 11 is 0. The number of ether oxygens (including phenoxy) is 5. The highest BCUT2D eigenvalue weighted by molar-refractivity contribution is 5.14. The predicted octanol–water partition coefficient (Wildman–Crippen LogP) is -3.62. The molecule has 7 N–H and O–H groups in total. The molecule has 0 bridgehead atoms. The highest BCUT2D eigenvalue weighted by atomic mass is 16.7. The zero-order valence-electron chi connectivity index (χ0n) is 17.7. The van der Waals surface area contributed by atoms with Crippen molar-refractivity contribution in [3.05, 3.63) is 0 Å². The van der Waals surface area contributed by atoms with Gasteiger partial charge in [-0.2, -0.15) is 0 Å². The number of hydrogen-bond acceptors (Lipinski definition) is 12. The van der Waals surface area contributed by atoms with Crippen LogP contribution in [0.4, 0.5) is 0 Å². The van der Waals surface area contributed by atoms with E-state index in [1.54, 1.807) is 0 Å². The Morgan fingerprint density at radius 1 is 0.688 bits per heavy atom. The first-order valence-electron chi connectivity index (χ1n) is 11.1. The van der Waals surface area contributed by atoms with Crippen molar-refractivity contribution in [2.24, 2.45) is 0 Å². The molecule has 0 saturated carbocycles. The molecule has 0 aromatic heterocycles. The molecule has 4 heterocycles. The van der Waals surface area contributed by atoms with Crippen LogP contribution in [-0.4, -0.2) is 135 Å². The molecule has 32 heavy (non-hydrogen) atoms. The monoisotopic (exact) mass is 466 g/mol. The van der Waals surface area contributed by atoms with Gasteiger partial charge in [0.2, 0.25) is 0 Å². The normalized spacial score (nSPS) is 42.1. The predicted molar refractivity (Wildman–Crippen MR) is 103 cm³/mol. The van der Waals surface area contributed by atoms with Crippen molar-refractivity contribution in [2.45, 2.75) is 92.0 Å². The van der Waals surface area contributed by atoms with E-state index in [-0.39, 0.29) is 52.3 Å². The first-order valence-corrected chi connectivity index (χ1v) is 11.1. The lowest BCUT2D eigenvalue weighted by molar-refractivity contribution is -0.212. The maximum Gasteiger partial charge on any atom is 0.155 e. The summed E-state index contributed by atoms with van der Waals surface area (Å²) in [5.41, 5.74) is -2.71. The standard InChI is InChI=1S/C20H34O12/c21-5-1-3-20(17-12(8-24)30-17,18-13(9-25)31-18)32-14(26)2-4-19(27,15-10(6-22)28-15)16-11(7-23)29-16/h10-18,21-27H,1-9H2.